The molecular weight excluding hydrogens is 552 g/mol. The second-order valence-corrected chi connectivity index (χ2v) is 8.57. The zero-order valence-corrected chi connectivity index (χ0v) is 23.1. The summed E-state index contributed by atoms with van der Waals surface area (Å²) >= 11 is 0. The zero-order chi connectivity index (χ0) is 30.3. The van der Waals surface area contributed by atoms with Crippen molar-refractivity contribution in [3.63, 3.8) is 0 Å². The van der Waals surface area contributed by atoms with Crippen molar-refractivity contribution in [1.82, 2.24) is 0 Å². The molecule has 0 bridgehead atoms. The van der Waals surface area contributed by atoms with Crippen molar-refractivity contribution in [2.24, 2.45) is 20.0 Å². The number of nitrogens with zero attached hydrogens (tertiary/aromatic N) is 4. The summed E-state index contributed by atoms with van der Waals surface area (Å²) in [5.74, 6) is -4.88. The van der Waals surface area contributed by atoms with Gasteiger partial charge in [-0.2, -0.15) is 20.0 Å². The highest BCUT2D eigenvalue weighted by atomic mass is 16.6. The molecular formula is C28H26N4O10. The van der Waals surface area contributed by atoms with E-state index in [1.54, 1.807) is 60.7 Å². The number of esters is 4. The van der Waals surface area contributed by atoms with Crippen LogP contribution in [0.4, 0.5) is 0 Å². The molecule has 42 heavy (non-hydrogen) atoms. The number of hydrogen-bond acceptors (Lipinski definition) is 14. The number of methoxy groups -OCH3 is 4. The van der Waals surface area contributed by atoms with Gasteiger partial charge in [0.2, 0.25) is 0 Å². The lowest BCUT2D eigenvalue weighted by Gasteiger charge is -2.30. The maximum atomic E-state index is 12.8. The van der Waals surface area contributed by atoms with Gasteiger partial charge in [-0.1, -0.05) is 60.7 Å². The molecule has 2 heterocycles. The molecule has 14 heteroatoms. The predicted octanol–water partition coefficient (Wildman–Crippen LogP) is 1.60. The van der Waals surface area contributed by atoms with E-state index < -0.39 is 35.3 Å². The number of benzene rings is 2. The third-order valence-corrected chi connectivity index (χ3v) is 5.98. The lowest BCUT2D eigenvalue weighted by atomic mass is 10.1. The third-order valence-electron chi connectivity index (χ3n) is 5.98. The first kappa shape index (κ1) is 29.6. The Morgan fingerprint density at radius 3 is 1.17 bits per heavy atom. The van der Waals surface area contributed by atoms with Gasteiger partial charge >= 0.3 is 35.3 Å². The second kappa shape index (κ2) is 12.4. The van der Waals surface area contributed by atoms with E-state index in [-0.39, 0.29) is 36.3 Å². The fraction of sp³-hybridized carbons (Fsp3) is 0.286. The van der Waals surface area contributed by atoms with Crippen LogP contribution < -0.4 is 0 Å². The van der Waals surface area contributed by atoms with E-state index in [1.165, 1.54) is 0 Å². The van der Waals surface area contributed by atoms with Crippen LogP contribution in [0, 0.1) is 0 Å². The summed E-state index contributed by atoms with van der Waals surface area (Å²) in [5.41, 5.74) is -4.15. The van der Waals surface area contributed by atoms with E-state index in [9.17, 15) is 19.2 Å². The van der Waals surface area contributed by atoms with Gasteiger partial charge in [0.05, 0.1) is 28.4 Å². The van der Waals surface area contributed by atoms with Gasteiger partial charge in [0, 0.05) is 24.0 Å². The van der Waals surface area contributed by atoms with Crippen LogP contribution >= 0.6 is 0 Å². The second-order valence-electron chi connectivity index (χ2n) is 8.57. The number of amidine groups is 2. The van der Waals surface area contributed by atoms with Gasteiger partial charge in [-0.05, 0) is 0 Å². The minimum absolute atomic E-state index is 0.0100. The van der Waals surface area contributed by atoms with Crippen LogP contribution in [0.2, 0.25) is 0 Å². The lowest BCUT2D eigenvalue weighted by molar-refractivity contribution is -0.179. The van der Waals surface area contributed by atoms with Crippen molar-refractivity contribution < 1.29 is 47.6 Å². The molecule has 0 N–H and O–H groups in total. The largest absolute Gasteiger partial charge is 0.464 e. The zero-order valence-electron chi connectivity index (χ0n) is 23.1. The molecule has 2 aliphatic rings. The summed E-state index contributed by atoms with van der Waals surface area (Å²) in [6.07, 6.45) is -0.304. The van der Waals surface area contributed by atoms with E-state index >= 15 is 0 Å². The van der Waals surface area contributed by atoms with Crippen molar-refractivity contribution >= 4 is 47.3 Å². The molecule has 0 saturated heterocycles. The number of carbonyl (C=O) groups excluding carboxylic acids is 4. The van der Waals surface area contributed by atoms with Gasteiger partial charge in [0.25, 0.3) is 0 Å². The maximum Gasteiger partial charge on any atom is 0.401 e. The van der Waals surface area contributed by atoms with Gasteiger partial charge < -0.3 is 28.4 Å². The summed E-state index contributed by atoms with van der Waals surface area (Å²) in [4.78, 5) is 68.5. The number of ether oxygens (including phenoxy) is 6. The van der Waals surface area contributed by atoms with Crippen LogP contribution in [0.15, 0.2) is 80.6 Å². The van der Waals surface area contributed by atoms with Crippen LogP contribution in [0.1, 0.15) is 24.0 Å². The van der Waals surface area contributed by atoms with Gasteiger partial charge in [-0.3, -0.25) is 0 Å². The van der Waals surface area contributed by atoms with Crippen molar-refractivity contribution in [2.45, 2.75) is 24.3 Å². The van der Waals surface area contributed by atoms with Crippen molar-refractivity contribution in [2.75, 3.05) is 28.4 Å². The van der Waals surface area contributed by atoms with Crippen LogP contribution in [0.3, 0.4) is 0 Å². The average Bonchev–Trinajstić information content (AvgIpc) is 3.05. The molecule has 218 valence electrons. The molecule has 2 aliphatic heterocycles. The molecule has 0 spiro atoms. The summed E-state index contributed by atoms with van der Waals surface area (Å²) < 4.78 is 30.7. The molecule has 0 amide bonds. The molecule has 0 unspecified atom stereocenters. The Bertz CT molecular complexity index is 1350. The molecule has 0 atom stereocenters. The molecule has 0 radical (unpaired) electrons. The summed E-state index contributed by atoms with van der Waals surface area (Å²) in [6, 6.07) is 17.1. The monoisotopic (exact) mass is 578 g/mol. The highest BCUT2D eigenvalue weighted by Gasteiger charge is 2.56. The van der Waals surface area contributed by atoms with Gasteiger partial charge in [0.15, 0.2) is 23.5 Å². The number of rotatable bonds is 9. The number of carbonyl (C=O) groups is 4. The first-order valence-electron chi connectivity index (χ1n) is 12.4. The molecule has 2 aromatic rings. The third kappa shape index (κ3) is 5.59. The van der Waals surface area contributed by atoms with Gasteiger partial charge in [-0.25, -0.2) is 19.2 Å². The lowest BCUT2D eigenvalue weighted by Crippen LogP contribution is -2.53. The first-order chi connectivity index (χ1) is 20.2. The Labute approximate surface area is 239 Å². The normalized spacial score (nSPS) is 16.6. The number of aliphatic imine (C=N–C) groups is 4. The molecule has 0 aliphatic carbocycles. The SMILES string of the molecule is COC(=O)C1(C(=O)OC)N=C(c2ccccc2)N=C(CCC2=NC(c3ccccc3)=NC(C(=O)OC)(C(=O)OC)O2)O1. The van der Waals surface area contributed by atoms with Crippen LogP contribution in [-0.4, -0.2) is 87.2 Å². The Morgan fingerprint density at radius 2 is 0.881 bits per heavy atom. The average molecular weight is 579 g/mol. The highest BCUT2D eigenvalue weighted by Crippen LogP contribution is 2.29. The highest BCUT2D eigenvalue weighted by molar-refractivity contribution is 6.16. The Morgan fingerprint density at radius 1 is 0.571 bits per heavy atom. The van der Waals surface area contributed by atoms with Crippen LogP contribution in [0.25, 0.3) is 0 Å². The fourth-order valence-electron chi connectivity index (χ4n) is 3.95. The number of hydrogen-bond donors (Lipinski definition) is 0. The smallest absolute Gasteiger partial charge is 0.401 e. The van der Waals surface area contributed by atoms with Crippen molar-refractivity contribution in [3.05, 3.63) is 71.8 Å². The standard InChI is InChI=1S/C28H26N4O10/c1-37-23(33)27(24(34)38-2)31-21(17-11-7-5-8-12-17)29-19(41-27)15-16-20-30-22(18-13-9-6-10-14-18)32-28(42-20,25(35)39-3)26(36)40-4/h5-14H,15-16H2,1-4H3. The Hall–Kier alpha value is -5.40. The van der Waals surface area contributed by atoms with E-state index in [0.29, 0.717) is 11.1 Å². The first-order valence-corrected chi connectivity index (χ1v) is 12.4. The fourth-order valence-corrected chi connectivity index (χ4v) is 3.95. The Balaban J connectivity index is 1.74. The minimum Gasteiger partial charge on any atom is -0.464 e. The molecule has 14 nitrogen and oxygen atoms in total. The molecule has 2 aromatic carbocycles. The molecule has 0 fully saturated rings. The topological polar surface area (TPSA) is 173 Å². The van der Waals surface area contributed by atoms with Gasteiger partial charge in [0.1, 0.15) is 0 Å². The minimum atomic E-state index is -2.54. The Kier molecular flexibility index (Phi) is 8.74. The molecule has 4 rings (SSSR count). The quantitative estimate of drug-likeness (QED) is 0.242. The van der Waals surface area contributed by atoms with E-state index in [4.69, 9.17) is 28.4 Å². The van der Waals surface area contributed by atoms with Crippen molar-refractivity contribution in [1.29, 1.82) is 0 Å². The van der Waals surface area contributed by atoms with E-state index in [1.807, 2.05) is 0 Å². The van der Waals surface area contributed by atoms with E-state index in [0.717, 1.165) is 28.4 Å². The maximum absolute atomic E-state index is 12.8. The van der Waals surface area contributed by atoms with Crippen LogP contribution in [-0.2, 0) is 47.6 Å². The summed E-state index contributed by atoms with van der Waals surface area (Å²) in [7, 11) is 4.25. The van der Waals surface area contributed by atoms with E-state index in [2.05, 4.69) is 20.0 Å². The molecule has 0 aromatic heterocycles. The van der Waals surface area contributed by atoms with Gasteiger partial charge in [-0.15, -0.1) is 0 Å². The van der Waals surface area contributed by atoms with Crippen molar-refractivity contribution in [3.8, 4) is 0 Å². The van der Waals surface area contributed by atoms with Crippen LogP contribution in [0.5, 0.6) is 0 Å². The molecule has 0 saturated carbocycles. The summed E-state index contributed by atoms with van der Waals surface area (Å²) in [5, 5.41) is 0. The summed E-state index contributed by atoms with van der Waals surface area (Å²) in [6.45, 7) is 0. The predicted molar refractivity (Wildman–Crippen MR) is 146 cm³/mol.